The quantitative estimate of drug-likeness (QED) is 0.828. The fourth-order valence-electron chi connectivity index (χ4n) is 3.49. The van der Waals surface area contributed by atoms with E-state index in [-0.39, 0.29) is 0 Å². The van der Waals surface area contributed by atoms with Crippen molar-refractivity contribution in [2.24, 2.45) is 17.8 Å². The molecule has 3 atom stereocenters. The number of hydrogen-bond acceptors (Lipinski definition) is 1. The molecule has 1 fully saturated rings. The number of benzene rings is 1. The minimum atomic E-state index is -0.760. The minimum Gasteiger partial charge on any atom is -0.385 e. The largest absolute Gasteiger partial charge is 0.385 e. The topological polar surface area (TPSA) is 20.2 Å². The first kappa shape index (κ1) is 13.9. The number of hydrogen-bond donors (Lipinski definition) is 1. The van der Waals surface area contributed by atoms with Crippen LogP contribution in [0.5, 0.6) is 0 Å². The summed E-state index contributed by atoms with van der Waals surface area (Å²) in [5, 5.41) is 11.9. The van der Waals surface area contributed by atoms with E-state index < -0.39 is 5.60 Å². The molecule has 0 radical (unpaired) electrons. The molecule has 2 heteroatoms. The zero-order chi connectivity index (χ0) is 13.3. The second-order valence-electron chi connectivity index (χ2n) is 6.14. The average Bonchev–Trinajstić information content (AvgIpc) is 2.28. The van der Waals surface area contributed by atoms with E-state index in [1.807, 2.05) is 24.3 Å². The highest BCUT2D eigenvalue weighted by molar-refractivity contribution is 6.31. The average molecular weight is 267 g/mol. The Bertz CT molecular complexity index is 415. The molecule has 1 N–H and O–H groups in total. The fourth-order valence-corrected chi connectivity index (χ4v) is 3.79. The van der Waals surface area contributed by atoms with E-state index in [2.05, 4.69) is 20.8 Å². The summed E-state index contributed by atoms with van der Waals surface area (Å²) < 4.78 is 0. The summed E-state index contributed by atoms with van der Waals surface area (Å²) in [5.41, 5.74) is 0.154. The van der Waals surface area contributed by atoms with Crippen LogP contribution >= 0.6 is 11.6 Å². The predicted molar refractivity (Wildman–Crippen MR) is 76.7 cm³/mol. The molecule has 2 rings (SSSR count). The van der Waals surface area contributed by atoms with Crippen molar-refractivity contribution in [3.05, 3.63) is 34.9 Å². The molecular weight excluding hydrogens is 244 g/mol. The van der Waals surface area contributed by atoms with E-state index in [0.29, 0.717) is 22.8 Å². The van der Waals surface area contributed by atoms with Crippen molar-refractivity contribution in [1.82, 2.24) is 0 Å². The Morgan fingerprint density at radius 1 is 1.28 bits per heavy atom. The van der Waals surface area contributed by atoms with Crippen molar-refractivity contribution >= 4 is 11.6 Å². The van der Waals surface area contributed by atoms with Crippen molar-refractivity contribution in [2.75, 3.05) is 0 Å². The summed E-state index contributed by atoms with van der Waals surface area (Å²) in [6.45, 7) is 6.61. The highest BCUT2D eigenvalue weighted by Crippen LogP contribution is 2.48. The zero-order valence-corrected chi connectivity index (χ0v) is 12.2. The van der Waals surface area contributed by atoms with Gasteiger partial charge in [0.2, 0.25) is 0 Å². The normalized spacial score (nSPS) is 32.8. The van der Waals surface area contributed by atoms with Crippen LogP contribution < -0.4 is 0 Å². The molecule has 1 aliphatic carbocycles. The van der Waals surface area contributed by atoms with Gasteiger partial charge in [0.25, 0.3) is 0 Å². The van der Waals surface area contributed by atoms with Crippen LogP contribution in [0.15, 0.2) is 24.3 Å². The number of halogens is 1. The Labute approximate surface area is 115 Å². The highest BCUT2D eigenvalue weighted by Gasteiger charge is 2.44. The molecule has 0 spiro atoms. The van der Waals surface area contributed by atoms with Gasteiger partial charge in [-0.2, -0.15) is 0 Å². The van der Waals surface area contributed by atoms with Crippen LogP contribution in [0.3, 0.4) is 0 Å². The molecule has 1 nitrogen and oxygen atoms in total. The fraction of sp³-hybridized carbons (Fsp3) is 0.625. The molecule has 0 amide bonds. The molecule has 100 valence electrons. The molecule has 0 aromatic heterocycles. The van der Waals surface area contributed by atoms with E-state index in [4.69, 9.17) is 11.6 Å². The van der Waals surface area contributed by atoms with Gasteiger partial charge in [-0.3, -0.25) is 0 Å². The lowest BCUT2D eigenvalue weighted by molar-refractivity contribution is -0.0864. The first-order valence-electron chi connectivity index (χ1n) is 6.92. The van der Waals surface area contributed by atoms with Gasteiger partial charge in [-0.15, -0.1) is 0 Å². The maximum absolute atomic E-state index is 11.2. The third-order valence-electron chi connectivity index (χ3n) is 4.39. The summed E-state index contributed by atoms with van der Waals surface area (Å²) in [4.78, 5) is 0. The van der Waals surface area contributed by atoms with Gasteiger partial charge in [0.05, 0.1) is 5.60 Å². The van der Waals surface area contributed by atoms with E-state index >= 15 is 0 Å². The second-order valence-corrected chi connectivity index (χ2v) is 6.55. The maximum atomic E-state index is 11.2. The molecule has 18 heavy (non-hydrogen) atoms. The van der Waals surface area contributed by atoms with E-state index in [9.17, 15) is 5.11 Å². The Hall–Kier alpha value is -0.530. The highest BCUT2D eigenvalue weighted by atomic mass is 35.5. The smallest absolute Gasteiger partial charge is 0.0943 e. The van der Waals surface area contributed by atoms with Crippen LogP contribution in [0.4, 0.5) is 0 Å². The van der Waals surface area contributed by atoms with E-state index in [1.165, 1.54) is 6.42 Å². The van der Waals surface area contributed by atoms with Crippen LogP contribution in [0.1, 0.15) is 45.6 Å². The van der Waals surface area contributed by atoms with Gasteiger partial charge in [-0.05, 0) is 36.7 Å². The molecule has 0 saturated heterocycles. The molecule has 1 aliphatic rings. The Morgan fingerprint density at radius 2 is 1.94 bits per heavy atom. The van der Waals surface area contributed by atoms with Gasteiger partial charge in [-0.1, -0.05) is 57.0 Å². The molecule has 0 heterocycles. The summed E-state index contributed by atoms with van der Waals surface area (Å²) in [7, 11) is 0. The van der Waals surface area contributed by atoms with Crippen molar-refractivity contribution in [2.45, 2.75) is 45.6 Å². The Morgan fingerprint density at radius 3 is 2.56 bits per heavy atom. The Kier molecular flexibility index (Phi) is 4.03. The monoisotopic (exact) mass is 266 g/mol. The van der Waals surface area contributed by atoms with Gasteiger partial charge in [-0.25, -0.2) is 0 Å². The van der Waals surface area contributed by atoms with Gasteiger partial charge < -0.3 is 5.11 Å². The molecule has 1 aromatic carbocycles. The van der Waals surface area contributed by atoms with Crippen molar-refractivity contribution < 1.29 is 5.11 Å². The first-order valence-corrected chi connectivity index (χ1v) is 7.30. The van der Waals surface area contributed by atoms with Crippen LogP contribution in [-0.2, 0) is 5.60 Å². The van der Waals surface area contributed by atoms with Gasteiger partial charge in [0, 0.05) is 10.6 Å². The second kappa shape index (κ2) is 5.22. The van der Waals surface area contributed by atoms with Gasteiger partial charge >= 0.3 is 0 Å². The third kappa shape index (κ3) is 2.44. The van der Waals surface area contributed by atoms with Crippen LogP contribution in [0.2, 0.25) is 5.02 Å². The molecule has 1 saturated carbocycles. The van der Waals surface area contributed by atoms with E-state index in [1.54, 1.807) is 0 Å². The van der Waals surface area contributed by atoms with Crippen molar-refractivity contribution in [3.63, 3.8) is 0 Å². The molecule has 3 unspecified atom stereocenters. The maximum Gasteiger partial charge on any atom is 0.0943 e. The van der Waals surface area contributed by atoms with Crippen LogP contribution in [0, 0.1) is 17.8 Å². The van der Waals surface area contributed by atoms with Crippen LogP contribution in [0.25, 0.3) is 0 Å². The molecule has 0 bridgehead atoms. The summed E-state index contributed by atoms with van der Waals surface area (Å²) in [6, 6.07) is 7.75. The lowest BCUT2D eigenvalue weighted by Gasteiger charge is -2.45. The van der Waals surface area contributed by atoms with E-state index in [0.717, 1.165) is 18.4 Å². The van der Waals surface area contributed by atoms with Gasteiger partial charge in [0.15, 0.2) is 0 Å². The summed E-state index contributed by atoms with van der Waals surface area (Å²) in [6.07, 6.45) is 3.11. The van der Waals surface area contributed by atoms with Crippen molar-refractivity contribution in [3.8, 4) is 0 Å². The standard InChI is InChI=1S/C16H23ClO/c1-11(2)13-9-8-12(3)10-16(13,18)14-6-4-5-7-15(14)17/h4-7,11-13,18H,8-10H2,1-3H3. The number of aliphatic hydroxyl groups is 1. The summed E-state index contributed by atoms with van der Waals surface area (Å²) in [5.74, 6) is 1.33. The minimum absolute atomic E-state index is 0.300. The SMILES string of the molecule is CC1CCC(C(C)C)C(O)(c2ccccc2Cl)C1. The summed E-state index contributed by atoms with van der Waals surface area (Å²) >= 11 is 6.30. The molecular formula is C16H23ClO. The van der Waals surface area contributed by atoms with Crippen molar-refractivity contribution in [1.29, 1.82) is 0 Å². The lowest BCUT2D eigenvalue weighted by atomic mass is 9.64. The predicted octanol–water partition coefficient (Wildman–Crippen LogP) is 4.62. The van der Waals surface area contributed by atoms with Gasteiger partial charge in [0.1, 0.15) is 0 Å². The molecule has 0 aliphatic heterocycles. The lowest BCUT2D eigenvalue weighted by Crippen LogP contribution is -2.43. The van der Waals surface area contributed by atoms with Crippen LogP contribution in [-0.4, -0.2) is 5.11 Å². The zero-order valence-electron chi connectivity index (χ0n) is 11.5. The molecule has 1 aromatic rings. The third-order valence-corrected chi connectivity index (χ3v) is 4.72. The number of rotatable bonds is 2. The first-order chi connectivity index (χ1) is 8.45. The Balaban J connectivity index is 2.44.